The monoisotopic (exact) mass is 222 g/mol. The number of hydrogen-bond donors (Lipinski definition) is 0. The van der Waals surface area contributed by atoms with Crippen molar-refractivity contribution in [1.29, 1.82) is 0 Å². The summed E-state index contributed by atoms with van der Waals surface area (Å²) < 4.78 is 1.17. The molecule has 1 heteroatoms. The van der Waals surface area contributed by atoms with Crippen molar-refractivity contribution >= 4 is 22.0 Å². The van der Waals surface area contributed by atoms with Gasteiger partial charge < -0.3 is 0 Å². The highest BCUT2D eigenvalue weighted by Gasteiger charge is 2.23. The Balaban J connectivity index is 2.40. The Kier molecular flexibility index (Phi) is 2.05. The van der Waals surface area contributed by atoms with Gasteiger partial charge >= 0.3 is 0 Å². The highest BCUT2D eigenvalue weighted by molar-refractivity contribution is 9.10. The molecule has 2 rings (SSSR count). The van der Waals surface area contributed by atoms with Crippen LogP contribution >= 0.6 is 15.9 Å². The molecule has 0 saturated heterocycles. The van der Waals surface area contributed by atoms with Crippen LogP contribution in [0, 0.1) is 0 Å². The smallest absolute Gasteiger partial charge is 0.0184 e. The molecule has 1 aromatic carbocycles. The summed E-state index contributed by atoms with van der Waals surface area (Å²) in [4.78, 5) is 0. The summed E-state index contributed by atoms with van der Waals surface area (Å²) in [5.74, 6) is 0.821. The summed E-state index contributed by atoms with van der Waals surface area (Å²) in [5.41, 5.74) is 2.67. The first-order valence-corrected chi connectivity index (χ1v) is 5.02. The second kappa shape index (κ2) is 3.06. The lowest BCUT2D eigenvalue weighted by Crippen LogP contribution is -1.81. The van der Waals surface area contributed by atoms with Gasteiger partial charge in [0.05, 0.1) is 0 Å². The van der Waals surface area contributed by atoms with E-state index in [9.17, 15) is 0 Å². The quantitative estimate of drug-likeness (QED) is 0.711. The molecule has 1 fully saturated rings. The highest BCUT2D eigenvalue weighted by Crippen LogP contribution is 2.41. The maximum Gasteiger partial charge on any atom is 0.0184 e. The lowest BCUT2D eigenvalue weighted by molar-refractivity contribution is 1.13. The number of benzene rings is 1. The molecule has 0 spiro atoms. The van der Waals surface area contributed by atoms with Gasteiger partial charge in [-0.05, 0) is 42.0 Å². The van der Waals surface area contributed by atoms with Crippen LogP contribution in [0.1, 0.15) is 29.9 Å². The highest BCUT2D eigenvalue weighted by atomic mass is 79.9. The van der Waals surface area contributed by atoms with Crippen LogP contribution in [0.25, 0.3) is 6.08 Å². The second-order valence-corrected chi connectivity index (χ2v) is 4.21. The van der Waals surface area contributed by atoms with E-state index in [0.717, 1.165) is 5.92 Å². The number of hydrogen-bond acceptors (Lipinski definition) is 0. The van der Waals surface area contributed by atoms with Crippen molar-refractivity contribution in [2.24, 2.45) is 0 Å². The summed E-state index contributed by atoms with van der Waals surface area (Å²) >= 11 is 3.50. The van der Waals surface area contributed by atoms with Crippen LogP contribution in [0.4, 0.5) is 0 Å². The maximum atomic E-state index is 3.77. The average molecular weight is 223 g/mol. The lowest BCUT2D eigenvalue weighted by atomic mass is 10.1. The van der Waals surface area contributed by atoms with Crippen LogP contribution in [0.2, 0.25) is 0 Å². The van der Waals surface area contributed by atoms with E-state index in [0.29, 0.717) is 0 Å². The molecule has 0 heterocycles. The van der Waals surface area contributed by atoms with Crippen LogP contribution in [-0.4, -0.2) is 0 Å². The van der Waals surface area contributed by atoms with Crippen LogP contribution in [0.3, 0.4) is 0 Å². The molecule has 0 unspecified atom stereocenters. The fourth-order valence-electron chi connectivity index (χ4n) is 1.41. The van der Waals surface area contributed by atoms with Crippen LogP contribution in [0.5, 0.6) is 0 Å². The summed E-state index contributed by atoms with van der Waals surface area (Å²) in [6, 6.07) is 6.54. The van der Waals surface area contributed by atoms with Gasteiger partial charge in [-0.15, -0.1) is 0 Å². The molecule has 0 aliphatic heterocycles. The summed E-state index contributed by atoms with van der Waals surface area (Å²) in [6.45, 7) is 3.77. The first-order chi connectivity index (χ1) is 5.79. The Hall–Kier alpha value is -0.560. The van der Waals surface area contributed by atoms with Crippen molar-refractivity contribution in [2.45, 2.75) is 18.8 Å². The van der Waals surface area contributed by atoms with Gasteiger partial charge in [0, 0.05) is 4.47 Å². The average Bonchev–Trinajstić information content (AvgIpc) is 2.85. The van der Waals surface area contributed by atoms with Gasteiger partial charge in [-0.25, -0.2) is 0 Å². The van der Waals surface area contributed by atoms with Crippen LogP contribution in [-0.2, 0) is 0 Å². The molecule has 0 N–H and O–H groups in total. The molecule has 0 amide bonds. The first-order valence-electron chi connectivity index (χ1n) is 4.22. The molecule has 0 aromatic heterocycles. The summed E-state index contributed by atoms with van der Waals surface area (Å²) in [7, 11) is 0. The van der Waals surface area contributed by atoms with Crippen molar-refractivity contribution in [3.63, 3.8) is 0 Å². The van der Waals surface area contributed by atoms with Crippen molar-refractivity contribution < 1.29 is 0 Å². The lowest BCUT2D eigenvalue weighted by Gasteiger charge is -2.01. The fraction of sp³-hybridized carbons (Fsp3) is 0.273. The van der Waals surface area contributed by atoms with Gasteiger partial charge in [0.25, 0.3) is 0 Å². The molecular formula is C11H11Br. The minimum atomic E-state index is 0.821. The zero-order chi connectivity index (χ0) is 8.55. The minimum Gasteiger partial charge on any atom is -0.0985 e. The normalized spacial score (nSPS) is 16.1. The van der Waals surface area contributed by atoms with E-state index in [4.69, 9.17) is 0 Å². The van der Waals surface area contributed by atoms with Crippen molar-refractivity contribution in [3.8, 4) is 0 Å². The fourth-order valence-corrected chi connectivity index (χ4v) is 1.93. The van der Waals surface area contributed by atoms with Gasteiger partial charge in [-0.3, -0.25) is 0 Å². The minimum absolute atomic E-state index is 0.821. The van der Waals surface area contributed by atoms with Gasteiger partial charge in [-0.1, -0.05) is 34.7 Å². The summed E-state index contributed by atoms with van der Waals surface area (Å²) in [5, 5.41) is 0. The third-order valence-electron chi connectivity index (χ3n) is 2.23. The van der Waals surface area contributed by atoms with E-state index in [2.05, 4.69) is 40.7 Å². The molecule has 1 aliphatic rings. The largest absolute Gasteiger partial charge is 0.0985 e. The molecule has 1 saturated carbocycles. The van der Waals surface area contributed by atoms with E-state index in [-0.39, 0.29) is 0 Å². The Morgan fingerprint density at radius 1 is 1.33 bits per heavy atom. The topological polar surface area (TPSA) is 0 Å². The van der Waals surface area contributed by atoms with Crippen molar-refractivity contribution in [1.82, 2.24) is 0 Å². The van der Waals surface area contributed by atoms with E-state index >= 15 is 0 Å². The predicted octanol–water partition coefficient (Wildman–Crippen LogP) is 3.97. The van der Waals surface area contributed by atoms with E-state index < -0.39 is 0 Å². The molecule has 12 heavy (non-hydrogen) atoms. The second-order valence-electron chi connectivity index (χ2n) is 3.30. The Bertz CT molecular complexity index is 311. The van der Waals surface area contributed by atoms with Gasteiger partial charge in [0.1, 0.15) is 0 Å². The van der Waals surface area contributed by atoms with Gasteiger partial charge in [0.15, 0.2) is 0 Å². The molecule has 0 radical (unpaired) electrons. The van der Waals surface area contributed by atoms with E-state index in [1.807, 2.05) is 6.08 Å². The van der Waals surface area contributed by atoms with Crippen LogP contribution in [0.15, 0.2) is 29.3 Å². The SMILES string of the molecule is C=Cc1cc(Br)cc(C2CC2)c1. The van der Waals surface area contributed by atoms with Crippen LogP contribution < -0.4 is 0 Å². The molecule has 0 bridgehead atoms. The standard InChI is InChI=1S/C11H11Br/c1-2-8-5-10(9-3-4-9)7-11(12)6-8/h2,5-7,9H,1,3-4H2. The molecule has 0 atom stereocenters. The zero-order valence-electron chi connectivity index (χ0n) is 6.89. The Labute approximate surface area is 81.4 Å². The molecule has 1 aromatic rings. The third kappa shape index (κ3) is 1.61. The van der Waals surface area contributed by atoms with Crippen molar-refractivity contribution in [2.75, 3.05) is 0 Å². The van der Waals surface area contributed by atoms with Gasteiger partial charge in [0.2, 0.25) is 0 Å². The maximum absolute atomic E-state index is 3.77. The molecule has 62 valence electrons. The van der Waals surface area contributed by atoms with E-state index in [1.165, 1.54) is 28.4 Å². The molecule has 0 nitrogen and oxygen atoms in total. The van der Waals surface area contributed by atoms with Crippen molar-refractivity contribution in [3.05, 3.63) is 40.4 Å². The number of halogens is 1. The molecule has 1 aliphatic carbocycles. The number of rotatable bonds is 2. The summed E-state index contributed by atoms with van der Waals surface area (Å²) in [6.07, 6.45) is 4.61. The van der Waals surface area contributed by atoms with E-state index in [1.54, 1.807) is 0 Å². The predicted molar refractivity (Wildman–Crippen MR) is 56.2 cm³/mol. The zero-order valence-corrected chi connectivity index (χ0v) is 8.47. The first kappa shape index (κ1) is 8.06. The third-order valence-corrected chi connectivity index (χ3v) is 2.68. The Morgan fingerprint density at radius 3 is 2.67 bits per heavy atom. The van der Waals surface area contributed by atoms with Gasteiger partial charge in [-0.2, -0.15) is 0 Å². The Morgan fingerprint density at radius 2 is 2.08 bits per heavy atom. The molecular weight excluding hydrogens is 212 g/mol.